The second kappa shape index (κ2) is 7.94. The van der Waals surface area contributed by atoms with Crippen molar-refractivity contribution in [1.82, 2.24) is 0 Å². The molecule has 0 spiro atoms. The van der Waals surface area contributed by atoms with E-state index in [0.29, 0.717) is 0 Å². The number of allylic oxidation sites excluding steroid dienone is 2. The molecule has 0 saturated heterocycles. The topological polar surface area (TPSA) is 0 Å². The molecule has 0 aliphatic rings. The van der Waals surface area contributed by atoms with E-state index in [4.69, 9.17) is 22.2 Å². The molecule has 1 aromatic carbocycles. The summed E-state index contributed by atoms with van der Waals surface area (Å²) in [5, 5.41) is 0. The van der Waals surface area contributed by atoms with Gasteiger partial charge in [-0.05, 0) is 12.0 Å². The van der Waals surface area contributed by atoms with E-state index in [2.05, 4.69) is 31.2 Å². The molecule has 0 heterocycles. The third-order valence-electron chi connectivity index (χ3n) is 2.52. The molecule has 3 heteroatoms. The van der Waals surface area contributed by atoms with Crippen LogP contribution < -0.4 is 0 Å². The van der Waals surface area contributed by atoms with Gasteiger partial charge in [0, 0.05) is 5.54 Å². The Kier molecular flexibility index (Phi) is 6.86. The average Bonchev–Trinajstić information content (AvgIpc) is 2.30. The summed E-state index contributed by atoms with van der Waals surface area (Å²) in [6, 6.07) is 10.3. The van der Waals surface area contributed by atoms with Crippen molar-refractivity contribution in [1.29, 1.82) is 0 Å². The Bertz CT molecular complexity index is 309. The third kappa shape index (κ3) is 4.73. The molecule has 0 nitrogen and oxygen atoms in total. The summed E-state index contributed by atoms with van der Waals surface area (Å²) >= 11 is 12.3. The lowest BCUT2D eigenvalue weighted by molar-refractivity contribution is 0.812. The summed E-state index contributed by atoms with van der Waals surface area (Å²) in [4.78, 5) is 0. The van der Waals surface area contributed by atoms with E-state index >= 15 is 0 Å². The van der Waals surface area contributed by atoms with Crippen LogP contribution in [0.2, 0.25) is 0 Å². The minimum absolute atomic E-state index is 0.237. The Labute approximate surface area is 109 Å². The molecule has 1 rings (SSSR count). The molecule has 0 radical (unpaired) electrons. The fraction of sp³-hybridized carbons (Fsp3) is 0.385. The highest BCUT2D eigenvalue weighted by Gasteiger charge is 2.17. The lowest BCUT2D eigenvalue weighted by Gasteiger charge is -2.12. The maximum atomic E-state index is 6.14. The normalized spacial score (nSPS) is 13.5. The second-order valence-corrected chi connectivity index (χ2v) is 8.72. The second-order valence-electron chi connectivity index (χ2n) is 3.84. The number of halogens is 2. The standard InChI is InChI=1S/C13H18Cl2Si/c1-2-3-4-8-11-13(16(14)15)12-9-6-5-7-10-12/h5-11,13,16H,2-4H2,1H3/b11-8+. The summed E-state index contributed by atoms with van der Waals surface area (Å²) in [5.74, 6) is 0. The van der Waals surface area contributed by atoms with Crippen LogP contribution in [0.15, 0.2) is 42.5 Å². The zero-order valence-electron chi connectivity index (χ0n) is 9.57. The van der Waals surface area contributed by atoms with E-state index in [1.165, 1.54) is 18.4 Å². The molecular weight excluding hydrogens is 255 g/mol. The van der Waals surface area contributed by atoms with E-state index in [1.807, 2.05) is 18.2 Å². The lowest BCUT2D eigenvalue weighted by Crippen LogP contribution is -2.08. The molecule has 0 aromatic heterocycles. The molecule has 0 N–H and O–H groups in total. The number of hydrogen-bond donors (Lipinski definition) is 0. The van der Waals surface area contributed by atoms with Gasteiger partial charge in [0.1, 0.15) is 0 Å². The Balaban J connectivity index is 2.65. The first kappa shape index (κ1) is 13.8. The molecule has 1 atom stereocenters. The minimum atomic E-state index is -1.71. The maximum Gasteiger partial charge on any atom is 0.247 e. The summed E-state index contributed by atoms with van der Waals surface area (Å²) in [5.41, 5.74) is 1.47. The molecule has 16 heavy (non-hydrogen) atoms. The maximum absolute atomic E-state index is 6.14. The first-order chi connectivity index (χ1) is 7.75. The summed E-state index contributed by atoms with van der Waals surface area (Å²) in [6.07, 6.45) is 7.97. The molecule has 88 valence electrons. The predicted octanol–water partition coefficient (Wildman–Crippen LogP) is 4.75. The van der Waals surface area contributed by atoms with Gasteiger partial charge in [-0.2, -0.15) is 0 Å². The quantitative estimate of drug-likeness (QED) is 0.303. The highest BCUT2D eigenvalue weighted by molar-refractivity contribution is 7.34. The predicted molar refractivity (Wildman–Crippen MR) is 76.7 cm³/mol. The van der Waals surface area contributed by atoms with Gasteiger partial charge in [0.15, 0.2) is 0 Å². The van der Waals surface area contributed by atoms with Crippen LogP contribution in [-0.4, -0.2) is 7.42 Å². The molecule has 0 saturated carbocycles. The fourth-order valence-corrected chi connectivity index (χ4v) is 3.80. The van der Waals surface area contributed by atoms with Crippen molar-refractivity contribution in [3.8, 4) is 0 Å². The number of unbranched alkanes of at least 4 members (excludes halogenated alkanes) is 2. The number of rotatable bonds is 6. The Morgan fingerprint density at radius 1 is 1.25 bits per heavy atom. The van der Waals surface area contributed by atoms with Crippen molar-refractivity contribution in [2.45, 2.75) is 31.7 Å². The summed E-state index contributed by atoms with van der Waals surface area (Å²) in [7, 11) is -1.71. The van der Waals surface area contributed by atoms with Gasteiger partial charge >= 0.3 is 0 Å². The van der Waals surface area contributed by atoms with Crippen molar-refractivity contribution >= 4 is 29.6 Å². The van der Waals surface area contributed by atoms with Crippen LogP contribution in [-0.2, 0) is 0 Å². The average molecular weight is 273 g/mol. The van der Waals surface area contributed by atoms with Crippen LogP contribution in [0.4, 0.5) is 0 Å². The first-order valence-electron chi connectivity index (χ1n) is 5.75. The molecule has 0 aliphatic heterocycles. The molecule has 0 amide bonds. The van der Waals surface area contributed by atoms with Crippen molar-refractivity contribution in [2.24, 2.45) is 0 Å². The van der Waals surface area contributed by atoms with Crippen LogP contribution >= 0.6 is 22.2 Å². The Morgan fingerprint density at radius 3 is 2.50 bits per heavy atom. The van der Waals surface area contributed by atoms with Crippen molar-refractivity contribution in [2.75, 3.05) is 0 Å². The van der Waals surface area contributed by atoms with Crippen LogP contribution in [0.1, 0.15) is 37.3 Å². The van der Waals surface area contributed by atoms with E-state index in [1.54, 1.807) is 0 Å². The highest BCUT2D eigenvalue weighted by atomic mass is 35.7. The molecule has 0 bridgehead atoms. The van der Waals surface area contributed by atoms with Crippen LogP contribution in [0.5, 0.6) is 0 Å². The highest BCUT2D eigenvalue weighted by Crippen LogP contribution is 2.25. The van der Waals surface area contributed by atoms with Crippen LogP contribution in [0.3, 0.4) is 0 Å². The Hall–Kier alpha value is -0.243. The van der Waals surface area contributed by atoms with E-state index in [-0.39, 0.29) is 5.54 Å². The number of benzene rings is 1. The molecule has 0 fully saturated rings. The summed E-state index contributed by atoms with van der Waals surface area (Å²) < 4.78 is 0. The monoisotopic (exact) mass is 272 g/mol. The zero-order chi connectivity index (χ0) is 11.8. The van der Waals surface area contributed by atoms with Gasteiger partial charge in [-0.15, -0.1) is 22.2 Å². The molecule has 1 aromatic rings. The van der Waals surface area contributed by atoms with E-state index in [9.17, 15) is 0 Å². The van der Waals surface area contributed by atoms with Gasteiger partial charge in [-0.25, -0.2) is 0 Å². The lowest BCUT2D eigenvalue weighted by atomic mass is 10.1. The van der Waals surface area contributed by atoms with Gasteiger partial charge in [0.2, 0.25) is 7.42 Å². The number of hydrogen-bond acceptors (Lipinski definition) is 0. The van der Waals surface area contributed by atoms with Crippen molar-refractivity contribution in [3.63, 3.8) is 0 Å². The first-order valence-corrected chi connectivity index (χ1v) is 9.91. The third-order valence-corrected chi connectivity index (χ3v) is 5.30. The minimum Gasteiger partial charge on any atom is -0.149 e. The summed E-state index contributed by atoms with van der Waals surface area (Å²) in [6.45, 7) is 2.20. The van der Waals surface area contributed by atoms with E-state index < -0.39 is 7.42 Å². The van der Waals surface area contributed by atoms with Gasteiger partial charge < -0.3 is 0 Å². The SMILES string of the molecule is CCCC/C=C/C(c1ccccc1)[SiH](Cl)Cl. The van der Waals surface area contributed by atoms with Crippen LogP contribution in [0.25, 0.3) is 0 Å². The van der Waals surface area contributed by atoms with E-state index in [0.717, 1.165) is 6.42 Å². The van der Waals surface area contributed by atoms with Crippen molar-refractivity contribution < 1.29 is 0 Å². The van der Waals surface area contributed by atoms with Gasteiger partial charge in [-0.1, -0.05) is 62.2 Å². The molecular formula is C13H18Cl2Si. The van der Waals surface area contributed by atoms with Gasteiger partial charge in [0.05, 0.1) is 0 Å². The Morgan fingerprint density at radius 2 is 1.94 bits per heavy atom. The van der Waals surface area contributed by atoms with Crippen molar-refractivity contribution in [3.05, 3.63) is 48.0 Å². The zero-order valence-corrected chi connectivity index (χ0v) is 12.2. The van der Waals surface area contributed by atoms with Crippen LogP contribution in [0, 0.1) is 0 Å². The smallest absolute Gasteiger partial charge is 0.149 e. The van der Waals surface area contributed by atoms with Gasteiger partial charge in [0.25, 0.3) is 0 Å². The molecule has 1 unspecified atom stereocenters. The largest absolute Gasteiger partial charge is 0.247 e. The van der Waals surface area contributed by atoms with Gasteiger partial charge in [-0.3, -0.25) is 0 Å². The molecule has 0 aliphatic carbocycles. The fourth-order valence-electron chi connectivity index (χ4n) is 1.58.